The molecule has 1 unspecified atom stereocenters. The van der Waals surface area contributed by atoms with Gasteiger partial charge in [-0.3, -0.25) is 14.8 Å². The van der Waals surface area contributed by atoms with Gasteiger partial charge in [0.15, 0.2) is 11.2 Å². The third-order valence-electron chi connectivity index (χ3n) is 8.15. The number of carbonyl (C=O) groups excluding carboxylic acids is 1. The minimum Gasteiger partial charge on any atom is -0.378 e. The van der Waals surface area contributed by atoms with Gasteiger partial charge in [0.05, 0.1) is 42.9 Å². The third kappa shape index (κ3) is 5.11. The Labute approximate surface area is 253 Å². The van der Waals surface area contributed by atoms with Gasteiger partial charge < -0.3 is 14.2 Å². The minimum atomic E-state index is -4.70. The summed E-state index contributed by atoms with van der Waals surface area (Å²) in [4.78, 5) is 24.4. The lowest BCUT2D eigenvalue weighted by molar-refractivity contribution is -0.136. The van der Waals surface area contributed by atoms with Crippen LogP contribution in [0.3, 0.4) is 0 Å². The number of rotatable bonds is 6. The third-order valence-corrected chi connectivity index (χ3v) is 8.84. The summed E-state index contributed by atoms with van der Waals surface area (Å²) in [6.07, 6.45) is -1.61. The maximum Gasteiger partial charge on any atom is 0.417 e. The van der Waals surface area contributed by atoms with Crippen LogP contribution in [0.4, 0.5) is 28.4 Å². The highest BCUT2D eigenvalue weighted by Crippen LogP contribution is 2.41. The zero-order chi connectivity index (χ0) is 30.6. The van der Waals surface area contributed by atoms with Crippen LogP contribution in [0.25, 0.3) is 22.0 Å². The number of hydrogen-bond donors (Lipinski definition) is 1. The topological polar surface area (TPSA) is 90.1 Å². The fraction of sp³-hybridized carbons (Fsp3) is 0.333. The maximum absolute atomic E-state index is 14.6. The standard InChI is InChI=1S/C30H27F4N7O2S/c1-17-21(18-2-4-20(5-3-18)39-7-9-43-10-8-39)13-23(30(32,33)34)22-15-41(38-25(17)22)27(28(42)37-29-35-6-11-44-29)26-24-12-19(31)14-40(24)16-36-26/h2-6,11,13,15-16,19,27H,7-10,12,14H2,1H3,(H,35,37,42)/t19-,27?/m1/s1. The highest BCUT2D eigenvalue weighted by atomic mass is 32.1. The molecule has 1 N–H and O–H groups in total. The van der Waals surface area contributed by atoms with E-state index in [4.69, 9.17) is 4.74 Å². The van der Waals surface area contributed by atoms with Gasteiger partial charge in [0.25, 0.3) is 5.91 Å². The fourth-order valence-corrected chi connectivity index (χ4v) is 6.54. The summed E-state index contributed by atoms with van der Waals surface area (Å²) in [7, 11) is 0. The number of alkyl halides is 4. The Morgan fingerprint density at radius 2 is 1.93 bits per heavy atom. The van der Waals surface area contributed by atoms with E-state index in [9.17, 15) is 22.4 Å². The lowest BCUT2D eigenvalue weighted by atomic mass is 9.94. The van der Waals surface area contributed by atoms with Crippen molar-refractivity contribution in [3.8, 4) is 11.1 Å². The number of carbonyl (C=O) groups is 1. The van der Waals surface area contributed by atoms with Crippen LogP contribution in [0.15, 0.2) is 54.4 Å². The number of nitrogens with one attached hydrogen (secondary N) is 1. The Bertz CT molecular complexity index is 1830. The number of ether oxygens (including phenoxy) is 1. The summed E-state index contributed by atoms with van der Waals surface area (Å²) in [5.74, 6) is -0.596. The first-order valence-corrected chi connectivity index (χ1v) is 15.0. The van der Waals surface area contributed by atoms with Gasteiger partial charge >= 0.3 is 6.18 Å². The van der Waals surface area contributed by atoms with Gasteiger partial charge in [-0.2, -0.15) is 18.3 Å². The molecule has 2 aliphatic heterocycles. The van der Waals surface area contributed by atoms with E-state index in [0.29, 0.717) is 40.7 Å². The van der Waals surface area contributed by atoms with E-state index < -0.39 is 29.9 Å². The van der Waals surface area contributed by atoms with E-state index in [2.05, 4.69) is 25.3 Å². The quantitative estimate of drug-likeness (QED) is 0.246. The molecule has 0 spiro atoms. The second-order valence-electron chi connectivity index (χ2n) is 10.9. The van der Waals surface area contributed by atoms with Gasteiger partial charge in [0.1, 0.15) is 6.17 Å². The van der Waals surface area contributed by atoms with Crippen LogP contribution in [0.1, 0.15) is 28.6 Å². The molecule has 1 saturated heterocycles. The molecule has 1 amide bonds. The van der Waals surface area contributed by atoms with E-state index in [-0.39, 0.29) is 29.6 Å². The average molecular weight is 626 g/mol. The van der Waals surface area contributed by atoms with Crippen molar-refractivity contribution < 1.29 is 27.1 Å². The average Bonchev–Trinajstić information content (AvgIpc) is 3.80. The normalized spacial score (nSPS) is 17.7. The van der Waals surface area contributed by atoms with E-state index in [1.54, 1.807) is 16.9 Å². The Kier molecular flexibility index (Phi) is 7.12. The SMILES string of the molecule is Cc1c(-c2ccc(N3CCOCC3)cc2)cc(C(F)(F)F)c2cn(C(C(=O)Nc3nccs3)c3ncn4c3C[C@@H](F)C4)nc12. The number of halogens is 4. The molecule has 9 nitrogen and oxygen atoms in total. The van der Waals surface area contributed by atoms with Crippen molar-refractivity contribution in [3.63, 3.8) is 0 Å². The number of nitrogens with zero attached hydrogens (tertiary/aromatic N) is 6. The molecular weight excluding hydrogens is 598 g/mol. The van der Waals surface area contributed by atoms with Gasteiger partial charge in [-0.25, -0.2) is 14.4 Å². The Balaban J connectivity index is 1.34. The number of aryl methyl sites for hydroxylation is 1. The van der Waals surface area contributed by atoms with Crippen LogP contribution in [0, 0.1) is 6.92 Å². The van der Waals surface area contributed by atoms with Crippen LogP contribution in [-0.4, -0.2) is 62.7 Å². The molecule has 0 bridgehead atoms. The van der Waals surface area contributed by atoms with Crippen molar-refractivity contribution >= 4 is 39.0 Å². The first-order valence-electron chi connectivity index (χ1n) is 14.1. The molecule has 14 heteroatoms. The van der Waals surface area contributed by atoms with Crippen molar-refractivity contribution in [2.45, 2.75) is 38.3 Å². The molecule has 228 valence electrons. The number of imidazole rings is 1. The second kappa shape index (κ2) is 11.0. The Morgan fingerprint density at radius 1 is 1.16 bits per heavy atom. The van der Waals surface area contributed by atoms with E-state index in [0.717, 1.165) is 24.8 Å². The summed E-state index contributed by atoms with van der Waals surface area (Å²) >= 11 is 1.19. The van der Waals surface area contributed by atoms with Crippen LogP contribution in [-0.2, 0) is 28.7 Å². The largest absolute Gasteiger partial charge is 0.417 e. The molecule has 2 aromatic carbocycles. The van der Waals surface area contributed by atoms with Crippen molar-refractivity contribution in [2.75, 3.05) is 36.5 Å². The van der Waals surface area contributed by atoms with Crippen LogP contribution in [0.2, 0.25) is 0 Å². The summed E-state index contributed by atoms with van der Waals surface area (Å²) in [6.45, 7) is 4.53. The highest BCUT2D eigenvalue weighted by Gasteiger charge is 2.38. The molecule has 2 atom stereocenters. The molecule has 5 aromatic rings. The molecule has 1 fully saturated rings. The molecular formula is C30H27F4N7O2S. The lowest BCUT2D eigenvalue weighted by Crippen LogP contribution is -2.36. The van der Waals surface area contributed by atoms with Crippen molar-refractivity contribution in [1.82, 2.24) is 24.3 Å². The predicted molar refractivity (Wildman–Crippen MR) is 158 cm³/mol. The first kappa shape index (κ1) is 28.5. The minimum absolute atomic E-state index is 0.0363. The number of anilines is 2. The van der Waals surface area contributed by atoms with Crippen LogP contribution >= 0.6 is 11.3 Å². The van der Waals surface area contributed by atoms with Crippen molar-refractivity contribution in [3.05, 3.63) is 76.9 Å². The summed E-state index contributed by atoms with van der Waals surface area (Å²) in [5, 5.41) is 9.15. The van der Waals surface area contributed by atoms with Gasteiger partial charge in [0, 0.05) is 54.1 Å². The smallest absolute Gasteiger partial charge is 0.378 e. The van der Waals surface area contributed by atoms with Gasteiger partial charge in [-0.05, 0) is 41.8 Å². The summed E-state index contributed by atoms with van der Waals surface area (Å²) in [5.41, 5.74) is 2.48. The monoisotopic (exact) mass is 625 g/mol. The molecule has 0 radical (unpaired) electrons. The molecule has 44 heavy (non-hydrogen) atoms. The summed E-state index contributed by atoms with van der Waals surface area (Å²) in [6, 6.07) is 7.29. The maximum atomic E-state index is 14.6. The molecule has 7 rings (SSSR count). The van der Waals surface area contributed by atoms with E-state index >= 15 is 0 Å². The Morgan fingerprint density at radius 3 is 2.64 bits per heavy atom. The molecule has 0 saturated carbocycles. The molecule has 5 heterocycles. The number of morpholine rings is 1. The number of benzene rings is 2. The zero-order valence-corrected chi connectivity index (χ0v) is 24.3. The number of hydrogen-bond acceptors (Lipinski definition) is 7. The number of fused-ring (bicyclic) bond motifs is 2. The fourth-order valence-electron chi connectivity index (χ4n) is 6.01. The number of thiazole rings is 1. The number of amides is 1. The molecule has 0 aliphatic carbocycles. The number of aromatic nitrogens is 5. The zero-order valence-electron chi connectivity index (χ0n) is 23.5. The molecule has 3 aromatic heterocycles. The van der Waals surface area contributed by atoms with Gasteiger partial charge in [0.2, 0.25) is 0 Å². The molecule has 2 aliphatic rings. The lowest BCUT2D eigenvalue weighted by Gasteiger charge is -2.29. The first-order chi connectivity index (χ1) is 21.2. The summed E-state index contributed by atoms with van der Waals surface area (Å²) < 4.78 is 66.3. The van der Waals surface area contributed by atoms with Gasteiger partial charge in [-0.1, -0.05) is 12.1 Å². The Hall–Kier alpha value is -4.30. The van der Waals surface area contributed by atoms with Crippen molar-refractivity contribution in [1.29, 1.82) is 0 Å². The van der Waals surface area contributed by atoms with Crippen LogP contribution in [0.5, 0.6) is 0 Å². The second-order valence-corrected chi connectivity index (χ2v) is 11.8. The van der Waals surface area contributed by atoms with Gasteiger partial charge in [-0.15, -0.1) is 11.3 Å². The highest BCUT2D eigenvalue weighted by molar-refractivity contribution is 7.13. The van der Waals surface area contributed by atoms with E-state index in [1.165, 1.54) is 34.7 Å². The van der Waals surface area contributed by atoms with Crippen LogP contribution < -0.4 is 10.2 Å². The van der Waals surface area contributed by atoms with E-state index in [1.807, 2.05) is 24.3 Å². The predicted octanol–water partition coefficient (Wildman–Crippen LogP) is 5.64. The van der Waals surface area contributed by atoms with Crippen molar-refractivity contribution in [2.24, 2.45) is 0 Å².